The van der Waals surface area contributed by atoms with Gasteiger partial charge < -0.3 is 10.1 Å². The van der Waals surface area contributed by atoms with E-state index < -0.39 is 0 Å². The minimum Gasteiger partial charge on any atom is -0.368 e. The lowest BCUT2D eigenvalue weighted by Crippen LogP contribution is -2.53. The highest BCUT2D eigenvalue weighted by Gasteiger charge is 2.47. The van der Waals surface area contributed by atoms with Crippen LogP contribution in [0.15, 0.2) is 0 Å². The van der Waals surface area contributed by atoms with Gasteiger partial charge in [0.2, 0.25) is 0 Å². The van der Waals surface area contributed by atoms with Crippen LogP contribution in [0.5, 0.6) is 0 Å². The predicted molar refractivity (Wildman–Crippen MR) is 76.8 cm³/mol. The predicted octanol–water partition coefficient (Wildman–Crippen LogP) is 3.89. The Morgan fingerprint density at radius 3 is 2.11 bits per heavy atom. The second-order valence-electron chi connectivity index (χ2n) is 8.18. The molecule has 2 aliphatic rings. The van der Waals surface area contributed by atoms with Crippen molar-refractivity contribution in [2.75, 3.05) is 0 Å². The van der Waals surface area contributed by atoms with Crippen LogP contribution in [0.3, 0.4) is 0 Å². The van der Waals surface area contributed by atoms with Crippen LogP contribution in [0.2, 0.25) is 0 Å². The molecular weight excluding hydrogens is 222 g/mol. The Morgan fingerprint density at radius 1 is 0.944 bits per heavy atom. The molecule has 2 unspecified atom stereocenters. The lowest BCUT2D eigenvalue weighted by Gasteiger charge is -2.42. The monoisotopic (exact) mass is 253 g/mol. The summed E-state index contributed by atoms with van der Waals surface area (Å²) in [6.07, 6.45) is 6.55. The zero-order chi connectivity index (χ0) is 13.6. The summed E-state index contributed by atoms with van der Waals surface area (Å²) in [5.74, 6) is 0. The summed E-state index contributed by atoms with van der Waals surface area (Å²) in [6, 6.07) is 1.13. The van der Waals surface area contributed by atoms with Gasteiger partial charge in [0, 0.05) is 12.1 Å². The Labute approximate surface area is 113 Å². The Kier molecular flexibility index (Phi) is 3.57. The minimum atomic E-state index is -0.0446. The zero-order valence-electron chi connectivity index (χ0n) is 13.1. The molecule has 1 saturated carbocycles. The second-order valence-corrected chi connectivity index (χ2v) is 8.18. The number of nitrogens with one attached hydrogen (secondary N) is 1. The van der Waals surface area contributed by atoms with Crippen LogP contribution in [0.25, 0.3) is 0 Å². The normalized spacial score (nSPS) is 37.7. The average Bonchev–Trinajstić information content (AvgIpc) is 2.38. The third-order valence-corrected chi connectivity index (χ3v) is 4.98. The molecule has 0 bridgehead atoms. The maximum Gasteiger partial charge on any atom is 0.0787 e. The van der Waals surface area contributed by atoms with Gasteiger partial charge in [0.25, 0.3) is 0 Å². The van der Waals surface area contributed by atoms with Crippen LogP contribution >= 0.6 is 0 Å². The maximum atomic E-state index is 6.20. The molecule has 1 aliphatic heterocycles. The summed E-state index contributed by atoms with van der Waals surface area (Å²) in [5.41, 5.74) is 0.401. The van der Waals surface area contributed by atoms with Gasteiger partial charge in [-0.2, -0.15) is 0 Å². The molecule has 2 fully saturated rings. The van der Waals surface area contributed by atoms with E-state index in [1.54, 1.807) is 0 Å². The minimum absolute atomic E-state index is 0.0139. The topological polar surface area (TPSA) is 21.3 Å². The van der Waals surface area contributed by atoms with E-state index >= 15 is 0 Å². The van der Waals surface area contributed by atoms with Gasteiger partial charge in [-0.1, -0.05) is 26.7 Å². The standard InChI is InChI=1S/C16H31NO/c1-14(2)10-8-7-9-12(14)17-13-11-15(3,4)18-16(13,5)6/h12-13,17H,7-11H2,1-6H3. The van der Waals surface area contributed by atoms with Gasteiger partial charge >= 0.3 is 0 Å². The van der Waals surface area contributed by atoms with E-state index in [4.69, 9.17) is 4.74 Å². The van der Waals surface area contributed by atoms with Crippen molar-refractivity contribution in [3.05, 3.63) is 0 Å². The zero-order valence-corrected chi connectivity index (χ0v) is 13.1. The lowest BCUT2D eigenvalue weighted by atomic mass is 9.72. The van der Waals surface area contributed by atoms with Crippen molar-refractivity contribution in [2.45, 2.75) is 96.9 Å². The fourth-order valence-corrected chi connectivity index (χ4v) is 3.87. The number of rotatable bonds is 2. The van der Waals surface area contributed by atoms with Crippen LogP contribution in [-0.2, 0) is 4.74 Å². The van der Waals surface area contributed by atoms with Gasteiger partial charge in [-0.3, -0.25) is 0 Å². The molecule has 0 amide bonds. The molecule has 1 aliphatic carbocycles. The number of hydrogen-bond acceptors (Lipinski definition) is 2. The molecule has 1 heterocycles. The quantitative estimate of drug-likeness (QED) is 0.806. The van der Waals surface area contributed by atoms with E-state index in [1.165, 1.54) is 25.7 Å². The highest BCUT2D eigenvalue weighted by Crippen LogP contribution is 2.41. The molecule has 0 aromatic rings. The summed E-state index contributed by atoms with van der Waals surface area (Å²) in [5, 5.41) is 3.93. The van der Waals surface area contributed by atoms with Gasteiger partial charge in [0.1, 0.15) is 0 Å². The van der Waals surface area contributed by atoms with E-state index in [0.29, 0.717) is 17.5 Å². The highest BCUT2D eigenvalue weighted by molar-refractivity contribution is 5.02. The molecule has 106 valence electrons. The highest BCUT2D eigenvalue weighted by atomic mass is 16.5. The Balaban J connectivity index is 2.05. The summed E-state index contributed by atoms with van der Waals surface area (Å²) < 4.78 is 6.20. The van der Waals surface area contributed by atoms with E-state index in [9.17, 15) is 0 Å². The molecule has 0 aromatic carbocycles. The van der Waals surface area contributed by atoms with Crippen molar-refractivity contribution in [3.8, 4) is 0 Å². The van der Waals surface area contributed by atoms with Gasteiger partial charge in [0.05, 0.1) is 11.2 Å². The molecule has 1 saturated heterocycles. The van der Waals surface area contributed by atoms with Crippen LogP contribution in [-0.4, -0.2) is 23.3 Å². The smallest absolute Gasteiger partial charge is 0.0787 e. The van der Waals surface area contributed by atoms with Gasteiger partial charge in [0.15, 0.2) is 0 Å². The molecule has 2 rings (SSSR count). The molecule has 0 radical (unpaired) electrons. The molecule has 0 spiro atoms. The molecular formula is C16H31NO. The fraction of sp³-hybridized carbons (Fsp3) is 1.00. The van der Waals surface area contributed by atoms with Crippen LogP contribution < -0.4 is 5.32 Å². The van der Waals surface area contributed by atoms with Crippen molar-refractivity contribution in [2.24, 2.45) is 5.41 Å². The third kappa shape index (κ3) is 2.91. The fourth-order valence-electron chi connectivity index (χ4n) is 3.87. The van der Waals surface area contributed by atoms with Crippen LogP contribution in [0.4, 0.5) is 0 Å². The molecule has 2 nitrogen and oxygen atoms in total. The van der Waals surface area contributed by atoms with Gasteiger partial charge in [-0.25, -0.2) is 0 Å². The maximum absolute atomic E-state index is 6.20. The lowest BCUT2D eigenvalue weighted by molar-refractivity contribution is -0.0717. The first kappa shape index (κ1) is 14.3. The third-order valence-electron chi connectivity index (χ3n) is 4.98. The van der Waals surface area contributed by atoms with Crippen molar-refractivity contribution in [1.29, 1.82) is 0 Å². The Bertz CT molecular complexity index is 306. The summed E-state index contributed by atoms with van der Waals surface area (Å²) in [6.45, 7) is 13.7. The number of ether oxygens (including phenoxy) is 1. The van der Waals surface area contributed by atoms with Crippen molar-refractivity contribution >= 4 is 0 Å². The molecule has 1 N–H and O–H groups in total. The Morgan fingerprint density at radius 2 is 1.61 bits per heavy atom. The summed E-state index contributed by atoms with van der Waals surface area (Å²) in [7, 11) is 0. The second kappa shape index (κ2) is 4.49. The molecule has 18 heavy (non-hydrogen) atoms. The SMILES string of the molecule is CC1(C)CC(NC2CCCCC2(C)C)C(C)(C)O1. The summed E-state index contributed by atoms with van der Waals surface area (Å²) >= 11 is 0. The first-order chi connectivity index (χ1) is 8.12. The molecule has 0 aromatic heterocycles. The Hall–Kier alpha value is -0.0800. The van der Waals surface area contributed by atoms with Crippen molar-refractivity contribution in [1.82, 2.24) is 5.32 Å². The van der Waals surface area contributed by atoms with Crippen LogP contribution in [0.1, 0.15) is 73.6 Å². The molecule has 2 heteroatoms. The van der Waals surface area contributed by atoms with Crippen molar-refractivity contribution in [3.63, 3.8) is 0 Å². The van der Waals surface area contributed by atoms with Crippen molar-refractivity contribution < 1.29 is 4.74 Å². The van der Waals surface area contributed by atoms with E-state index in [2.05, 4.69) is 46.9 Å². The van der Waals surface area contributed by atoms with Gasteiger partial charge in [-0.15, -0.1) is 0 Å². The molecule has 2 atom stereocenters. The number of hydrogen-bond donors (Lipinski definition) is 1. The van der Waals surface area contributed by atoms with E-state index in [0.717, 1.165) is 6.42 Å². The first-order valence-electron chi connectivity index (χ1n) is 7.59. The largest absolute Gasteiger partial charge is 0.368 e. The summed E-state index contributed by atoms with van der Waals surface area (Å²) in [4.78, 5) is 0. The van der Waals surface area contributed by atoms with E-state index in [-0.39, 0.29) is 11.2 Å². The first-order valence-corrected chi connectivity index (χ1v) is 7.59. The van der Waals surface area contributed by atoms with Gasteiger partial charge in [-0.05, 0) is 52.4 Å². The average molecular weight is 253 g/mol. The van der Waals surface area contributed by atoms with E-state index in [1.807, 2.05) is 0 Å². The van der Waals surface area contributed by atoms with Crippen LogP contribution in [0, 0.1) is 5.41 Å².